The van der Waals surface area contributed by atoms with Gasteiger partial charge in [0, 0.05) is 7.11 Å². The quantitative estimate of drug-likeness (QED) is 0.503. The summed E-state index contributed by atoms with van der Waals surface area (Å²) < 4.78 is 22.7. The molecule has 2 N–H and O–H groups in total. The van der Waals surface area contributed by atoms with Crippen LogP contribution < -0.4 is 5.48 Å². The van der Waals surface area contributed by atoms with Crippen molar-refractivity contribution in [1.82, 2.24) is 15.8 Å². The predicted molar refractivity (Wildman–Crippen MR) is 67.3 cm³/mol. The van der Waals surface area contributed by atoms with Crippen molar-refractivity contribution in [1.29, 1.82) is 0 Å². The van der Waals surface area contributed by atoms with E-state index in [2.05, 4.69) is 19.9 Å². The first-order valence-corrected chi connectivity index (χ1v) is 5.71. The summed E-state index contributed by atoms with van der Waals surface area (Å²) in [7, 11) is 1.49. The van der Waals surface area contributed by atoms with Gasteiger partial charge in [-0.1, -0.05) is 5.16 Å². The van der Waals surface area contributed by atoms with Crippen molar-refractivity contribution < 1.29 is 19.0 Å². The Hall–Kier alpha value is -2.32. The van der Waals surface area contributed by atoms with Crippen molar-refractivity contribution in [3.63, 3.8) is 0 Å². The molecule has 0 atom stereocenters. The Kier molecular flexibility index (Phi) is 4.38. The van der Waals surface area contributed by atoms with Gasteiger partial charge >= 0.3 is 0 Å². The normalized spacial score (nSPS) is 11.7. The molecule has 0 amide bonds. The molecule has 0 aliphatic carbocycles. The summed E-state index contributed by atoms with van der Waals surface area (Å²) in [4.78, 5) is 4.14. The van der Waals surface area contributed by atoms with Crippen LogP contribution in [0.3, 0.4) is 0 Å². The van der Waals surface area contributed by atoms with Gasteiger partial charge < -0.3 is 4.74 Å². The number of amidine groups is 1. The molecule has 0 unspecified atom stereocenters. The first-order valence-electron chi connectivity index (χ1n) is 5.71. The Labute approximate surface area is 114 Å². The van der Waals surface area contributed by atoms with E-state index in [4.69, 9.17) is 4.74 Å². The zero-order valence-electron chi connectivity index (χ0n) is 10.9. The Balaban J connectivity index is 2.37. The van der Waals surface area contributed by atoms with E-state index in [9.17, 15) is 9.60 Å². The van der Waals surface area contributed by atoms with E-state index in [0.717, 1.165) is 0 Å². The number of aromatic nitrogens is 2. The zero-order chi connectivity index (χ0) is 14.5. The molecule has 0 spiro atoms. The maximum absolute atomic E-state index is 13.2. The highest BCUT2D eigenvalue weighted by Crippen LogP contribution is 2.18. The van der Waals surface area contributed by atoms with Gasteiger partial charge in [-0.2, -0.15) is 0 Å². The number of hydrogen-bond donors (Lipinski definition) is 2. The molecule has 0 aliphatic heterocycles. The average molecular weight is 280 g/mol. The summed E-state index contributed by atoms with van der Waals surface area (Å²) in [5.41, 5.74) is 3.42. The molecule has 0 fully saturated rings. The van der Waals surface area contributed by atoms with E-state index in [0.29, 0.717) is 16.9 Å². The molecular formula is C12H13FN4O3. The number of nitrogens with one attached hydrogen (secondary N) is 1. The van der Waals surface area contributed by atoms with Crippen LogP contribution in [0.1, 0.15) is 17.0 Å². The van der Waals surface area contributed by atoms with Gasteiger partial charge in [-0.3, -0.25) is 10.7 Å². The number of hydrogen-bond acceptors (Lipinski definition) is 6. The Bertz CT molecular complexity index is 627. The maximum atomic E-state index is 13.2. The number of methoxy groups -OCH3 is 1. The lowest BCUT2D eigenvalue weighted by Gasteiger charge is -2.03. The fraction of sp³-hybridized carbons (Fsp3) is 0.250. The molecule has 2 rings (SSSR count). The van der Waals surface area contributed by atoms with Crippen molar-refractivity contribution in [3.05, 3.63) is 41.0 Å². The van der Waals surface area contributed by atoms with Gasteiger partial charge in [0.2, 0.25) is 0 Å². The number of aryl methyl sites for hydroxylation is 1. The van der Waals surface area contributed by atoms with E-state index in [-0.39, 0.29) is 24.0 Å². The number of halogens is 1. The van der Waals surface area contributed by atoms with Gasteiger partial charge in [-0.05, 0) is 35.8 Å². The van der Waals surface area contributed by atoms with Crippen LogP contribution in [0.4, 0.5) is 10.1 Å². The van der Waals surface area contributed by atoms with E-state index < -0.39 is 0 Å². The fourth-order valence-corrected chi connectivity index (χ4v) is 1.58. The molecule has 2 aromatic rings. The van der Waals surface area contributed by atoms with E-state index >= 15 is 0 Å². The van der Waals surface area contributed by atoms with Crippen molar-refractivity contribution in [2.24, 2.45) is 4.99 Å². The Morgan fingerprint density at radius 2 is 2.30 bits per heavy atom. The lowest BCUT2D eigenvalue weighted by Crippen LogP contribution is -2.22. The fourth-order valence-electron chi connectivity index (χ4n) is 1.58. The molecule has 7 nitrogen and oxygen atoms in total. The number of benzene rings is 1. The van der Waals surface area contributed by atoms with Gasteiger partial charge in [-0.15, -0.1) is 0 Å². The van der Waals surface area contributed by atoms with Crippen molar-refractivity contribution in [2.75, 3.05) is 7.11 Å². The molecule has 8 heteroatoms. The minimum Gasteiger partial charge on any atom is -0.378 e. The summed E-state index contributed by atoms with van der Waals surface area (Å²) in [6, 6.07) is 4.31. The van der Waals surface area contributed by atoms with E-state index in [1.807, 2.05) is 5.48 Å². The van der Waals surface area contributed by atoms with Gasteiger partial charge in [-0.25, -0.2) is 14.0 Å². The maximum Gasteiger partial charge on any atom is 0.182 e. The molecule has 0 radical (unpaired) electrons. The van der Waals surface area contributed by atoms with Crippen molar-refractivity contribution in [3.8, 4) is 0 Å². The summed E-state index contributed by atoms with van der Waals surface area (Å²) in [5, 5.41) is 16.5. The molecule has 0 bridgehead atoms. The SMILES string of the molecule is COCc1nonc1C(=Nc1ccc(F)c(C)c1)NO. The van der Waals surface area contributed by atoms with Crippen molar-refractivity contribution >= 4 is 11.5 Å². The third-order valence-corrected chi connectivity index (χ3v) is 2.55. The third-order valence-electron chi connectivity index (χ3n) is 2.55. The standard InChI is InChI=1S/C12H13FN4O3/c1-7-5-8(3-4-9(7)13)14-12(15-18)11-10(6-19-2)16-20-17-11/h3-5,18H,6H2,1-2H3,(H,14,15). The number of rotatable bonds is 4. The summed E-state index contributed by atoms with van der Waals surface area (Å²) in [6.45, 7) is 1.77. The zero-order valence-corrected chi connectivity index (χ0v) is 10.9. The highest BCUT2D eigenvalue weighted by atomic mass is 19.1. The second kappa shape index (κ2) is 6.22. The highest BCUT2D eigenvalue weighted by Gasteiger charge is 2.16. The second-order valence-corrected chi connectivity index (χ2v) is 4.00. The third kappa shape index (κ3) is 2.98. The smallest absolute Gasteiger partial charge is 0.182 e. The monoisotopic (exact) mass is 280 g/mol. The van der Waals surface area contributed by atoms with Gasteiger partial charge in [0.05, 0.1) is 12.3 Å². The first kappa shape index (κ1) is 14.1. The minimum atomic E-state index is -0.328. The van der Waals surface area contributed by atoms with Crippen LogP contribution in [0.5, 0.6) is 0 Å². The van der Waals surface area contributed by atoms with Crippen LogP contribution in [0.2, 0.25) is 0 Å². The highest BCUT2D eigenvalue weighted by molar-refractivity contribution is 5.98. The molecule has 106 valence electrons. The molecule has 0 aliphatic rings. The molecule has 1 aromatic heterocycles. The van der Waals surface area contributed by atoms with E-state index in [1.54, 1.807) is 6.92 Å². The summed E-state index contributed by atoms with van der Waals surface area (Å²) in [5.74, 6) is -0.296. The van der Waals surface area contributed by atoms with Crippen LogP contribution in [0.25, 0.3) is 0 Å². The second-order valence-electron chi connectivity index (χ2n) is 4.00. The topological polar surface area (TPSA) is 92.8 Å². The van der Waals surface area contributed by atoms with Crippen LogP contribution in [-0.2, 0) is 11.3 Å². The predicted octanol–water partition coefficient (Wildman–Crippen LogP) is 1.72. The summed E-state index contributed by atoms with van der Waals surface area (Å²) >= 11 is 0. The number of nitrogens with zero attached hydrogens (tertiary/aromatic N) is 3. The average Bonchev–Trinajstić information content (AvgIpc) is 2.88. The molecule has 0 saturated heterocycles. The minimum absolute atomic E-state index is 0.0318. The van der Waals surface area contributed by atoms with Gasteiger partial charge in [0.15, 0.2) is 11.5 Å². The van der Waals surface area contributed by atoms with Crippen LogP contribution >= 0.6 is 0 Å². The van der Waals surface area contributed by atoms with Gasteiger partial charge in [0.1, 0.15) is 11.5 Å². The molecule has 1 aromatic carbocycles. The molecule has 1 heterocycles. The summed E-state index contributed by atoms with van der Waals surface area (Å²) in [6.07, 6.45) is 0. The largest absolute Gasteiger partial charge is 0.378 e. The van der Waals surface area contributed by atoms with Crippen LogP contribution in [-0.4, -0.2) is 28.5 Å². The van der Waals surface area contributed by atoms with Gasteiger partial charge in [0.25, 0.3) is 0 Å². The number of ether oxygens (including phenoxy) is 1. The number of hydroxylamine groups is 1. The number of aliphatic imine (C=N–C) groups is 1. The lowest BCUT2D eigenvalue weighted by atomic mass is 10.2. The van der Waals surface area contributed by atoms with Crippen LogP contribution in [0, 0.1) is 12.7 Å². The Morgan fingerprint density at radius 1 is 1.50 bits per heavy atom. The van der Waals surface area contributed by atoms with E-state index in [1.165, 1.54) is 25.3 Å². The first-order chi connectivity index (χ1) is 9.65. The molecule has 0 saturated carbocycles. The molecular weight excluding hydrogens is 267 g/mol. The van der Waals surface area contributed by atoms with Crippen LogP contribution in [0.15, 0.2) is 27.8 Å². The lowest BCUT2D eigenvalue weighted by molar-refractivity contribution is 0.175. The molecule has 20 heavy (non-hydrogen) atoms. The van der Waals surface area contributed by atoms with Crippen molar-refractivity contribution in [2.45, 2.75) is 13.5 Å². The Morgan fingerprint density at radius 3 is 2.95 bits per heavy atom.